The van der Waals surface area contributed by atoms with Crippen molar-refractivity contribution in [1.82, 2.24) is 4.98 Å². The third kappa shape index (κ3) is 1.54. The van der Waals surface area contributed by atoms with E-state index >= 15 is 0 Å². The largest absolute Gasteiger partial charge is 0.265 e. The van der Waals surface area contributed by atoms with Crippen LogP contribution in [0.1, 0.15) is 22.6 Å². The van der Waals surface area contributed by atoms with E-state index in [1.54, 1.807) is 0 Å². The molecule has 0 spiro atoms. The maximum Gasteiger partial charge on any atom is 0.0270 e. The highest BCUT2D eigenvalue weighted by Gasteiger charge is 2.21. The zero-order valence-corrected chi connectivity index (χ0v) is 8.56. The van der Waals surface area contributed by atoms with E-state index in [0.29, 0.717) is 5.92 Å². The van der Waals surface area contributed by atoms with Crippen LogP contribution in [0.5, 0.6) is 0 Å². The van der Waals surface area contributed by atoms with Crippen LogP contribution in [-0.2, 0) is 12.8 Å². The molecule has 2 aromatic rings. The lowest BCUT2D eigenvalue weighted by atomic mass is 9.97. The van der Waals surface area contributed by atoms with Crippen molar-refractivity contribution >= 4 is 0 Å². The van der Waals surface area contributed by atoms with Gasteiger partial charge in [-0.1, -0.05) is 24.3 Å². The molecule has 0 fully saturated rings. The van der Waals surface area contributed by atoms with Crippen LogP contribution in [0.3, 0.4) is 0 Å². The van der Waals surface area contributed by atoms with Crippen molar-refractivity contribution in [2.24, 2.45) is 0 Å². The van der Waals surface area contributed by atoms with Crippen molar-refractivity contribution in [3.63, 3.8) is 0 Å². The summed E-state index contributed by atoms with van der Waals surface area (Å²) in [6, 6.07) is 13.0. The molecule has 0 aliphatic heterocycles. The molecule has 74 valence electrons. The predicted octanol–water partition coefficient (Wildman–Crippen LogP) is 2.96. The van der Waals surface area contributed by atoms with E-state index in [4.69, 9.17) is 0 Å². The van der Waals surface area contributed by atoms with Gasteiger partial charge in [0.25, 0.3) is 0 Å². The fourth-order valence-corrected chi connectivity index (χ4v) is 2.43. The average Bonchev–Trinajstić information content (AvgIpc) is 2.74. The third-order valence-corrected chi connectivity index (χ3v) is 3.23. The molecule has 1 nitrogen and oxygen atoms in total. The fourth-order valence-electron chi connectivity index (χ4n) is 2.43. The van der Waals surface area contributed by atoms with Gasteiger partial charge in [0, 0.05) is 12.4 Å². The van der Waals surface area contributed by atoms with E-state index < -0.39 is 0 Å². The first-order chi connectivity index (χ1) is 7.43. The lowest BCUT2D eigenvalue weighted by Crippen LogP contribution is -1.97. The van der Waals surface area contributed by atoms with Crippen LogP contribution in [0.25, 0.3) is 0 Å². The SMILES string of the molecule is c1ccc2c(c1)CC(c1ccncc1)C2. The second-order valence-corrected chi connectivity index (χ2v) is 4.15. The minimum absolute atomic E-state index is 0.658. The molecule has 0 amide bonds. The summed E-state index contributed by atoms with van der Waals surface area (Å²) >= 11 is 0. The first kappa shape index (κ1) is 8.66. The standard InChI is InChI=1S/C14H13N/c1-2-4-13-10-14(9-12(13)3-1)11-5-7-15-8-6-11/h1-8,14H,9-10H2. The second kappa shape index (κ2) is 3.50. The number of nitrogens with zero attached hydrogens (tertiary/aromatic N) is 1. The molecule has 0 saturated carbocycles. The molecule has 1 aromatic heterocycles. The number of rotatable bonds is 1. The van der Waals surface area contributed by atoms with Crippen LogP contribution < -0.4 is 0 Å². The van der Waals surface area contributed by atoms with Gasteiger partial charge < -0.3 is 0 Å². The minimum atomic E-state index is 0.658. The van der Waals surface area contributed by atoms with Crippen molar-refractivity contribution < 1.29 is 0 Å². The van der Waals surface area contributed by atoms with Crippen LogP contribution in [0.4, 0.5) is 0 Å². The van der Waals surface area contributed by atoms with Crippen molar-refractivity contribution in [3.05, 3.63) is 65.5 Å². The Kier molecular flexibility index (Phi) is 2.02. The van der Waals surface area contributed by atoms with Gasteiger partial charge in [-0.2, -0.15) is 0 Å². The molecule has 1 heteroatoms. The van der Waals surface area contributed by atoms with Crippen LogP contribution in [-0.4, -0.2) is 4.98 Å². The van der Waals surface area contributed by atoms with Gasteiger partial charge in [-0.25, -0.2) is 0 Å². The van der Waals surface area contributed by atoms with Crippen molar-refractivity contribution in [1.29, 1.82) is 0 Å². The van der Waals surface area contributed by atoms with E-state index in [1.165, 1.54) is 29.5 Å². The van der Waals surface area contributed by atoms with E-state index in [0.717, 1.165) is 0 Å². The zero-order chi connectivity index (χ0) is 10.1. The van der Waals surface area contributed by atoms with Gasteiger partial charge >= 0.3 is 0 Å². The summed E-state index contributed by atoms with van der Waals surface area (Å²) in [5.41, 5.74) is 4.44. The lowest BCUT2D eigenvalue weighted by molar-refractivity contribution is 0.740. The van der Waals surface area contributed by atoms with Crippen molar-refractivity contribution in [3.8, 4) is 0 Å². The summed E-state index contributed by atoms with van der Waals surface area (Å²) in [5, 5.41) is 0. The topological polar surface area (TPSA) is 12.9 Å². The van der Waals surface area contributed by atoms with Crippen LogP contribution >= 0.6 is 0 Å². The summed E-state index contributed by atoms with van der Waals surface area (Å²) in [6.07, 6.45) is 6.14. The van der Waals surface area contributed by atoms with Gasteiger partial charge in [0.2, 0.25) is 0 Å². The Labute approximate surface area is 89.8 Å². The fraction of sp³-hybridized carbons (Fsp3) is 0.214. The Balaban J connectivity index is 1.91. The number of pyridine rings is 1. The highest BCUT2D eigenvalue weighted by Crippen LogP contribution is 2.33. The molecule has 1 heterocycles. The summed E-state index contributed by atoms with van der Waals surface area (Å²) < 4.78 is 0. The molecule has 15 heavy (non-hydrogen) atoms. The van der Waals surface area contributed by atoms with Crippen LogP contribution in [0.15, 0.2) is 48.8 Å². The van der Waals surface area contributed by atoms with Crippen LogP contribution in [0.2, 0.25) is 0 Å². The summed E-state index contributed by atoms with van der Waals surface area (Å²) in [5.74, 6) is 0.658. The van der Waals surface area contributed by atoms with E-state index in [2.05, 4.69) is 41.4 Å². The smallest absolute Gasteiger partial charge is 0.0270 e. The second-order valence-electron chi connectivity index (χ2n) is 4.15. The molecule has 1 aliphatic carbocycles. The van der Waals surface area contributed by atoms with E-state index in [1.807, 2.05) is 12.4 Å². The Morgan fingerprint density at radius 3 is 2.07 bits per heavy atom. The van der Waals surface area contributed by atoms with Gasteiger partial charge in [-0.15, -0.1) is 0 Å². The van der Waals surface area contributed by atoms with Crippen molar-refractivity contribution in [2.45, 2.75) is 18.8 Å². The molecule has 0 bridgehead atoms. The van der Waals surface area contributed by atoms with E-state index in [9.17, 15) is 0 Å². The molecule has 0 N–H and O–H groups in total. The highest BCUT2D eigenvalue weighted by molar-refractivity contribution is 5.37. The number of hydrogen-bond donors (Lipinski definition) is 0. The molecule has 0 atom stereocenters. The monoisotopic (exact) mass is 195 g/mol. The minimum Gasteiger partial charge on any atom is -0.265 e. The first-order valence-corrected chi connectivity index (χ1v) is 5.40. The van der Waals surface area contributed by atoms with Gasteiger partial charge in [0.05, 0.1) is 0 Å². The Hall–Kier alpha value is -1.63. The average molecular weight is 195 g/mol. The molecular weight excluding hydrogens is 182 g/mol. The van der Waals surface area contributed by atoms with Gasteiger partial charge in [0.15, 0.2) is 0 Å². The zero-order valence-electron chi connectivity index (χ0n) is 8.56. The molecule has 3 rings (SSSR count). The van der Waals surface area contributed by atoms with Crippen molar-refractivity contribution in [2.75, 3.05) is 0 Å². The molecule has 0 radical (unpaired) electrons. The molecule has 0 saturated heterocycles. The Morgan fingerprint density at radius 2 is 1.47 bits per heavy atom. The summed E-state index contributed by atoms with van der Waals surface area (Å²) in [6.45, 7) is 0. The highest BCUT2D eigenvalue weighted by atomic mass is 14.6. The number of aromatic nitrogens is 1. The summed E-state index contributed by atoms with van der Waals surface area (Å²) in [4.78, 5) is 4.07. The maximum atomic E-state index is 4.07. The van der Waals surface area contributed by atoms with Gasteiger partial charge in [-0.05, 0) is 47.6 Å². The quantitative estimate of drug-likeness (QED) is 0.681. The van der Waals surface area contributed by atoms with Gasteiger partial charge in [0.1, 0.15) is 0 Å². The number of hydrogen-bond acceptors (Lipinski definition) is 1. The van der Waals surface area contributed by atoms with Gasteiger partial charge in [-0.3, -0.25) is 4.98 Å². The first-order valence-electron chi connectivity index (χ1n) is 5.40. The van der Waals surface area contributed by atoms with Crippen LogP contribution in [0, 0.1) is 0 Å². The molecular formula is C14H13N. The lowest BCUT2D eigenvalue weighted by Gasteiger charge is -2.07. The normalized spacial score (nSPS) is 15.2. The maximum absolute atomic E-state index is 4.07. The molecule has 1 aliphatic rings. The third-order valence-electron chi connectivity index (χ3n) is 3.23. The molecule has 1 aromatic carbocycles. The van der Waals surface area contributed by atoms with E-state index in [-0.39, 0.29) is 0 Å². The number of fused-ring (bicyclic) bond motifs is 1. The Bertz CT molecular complexity index is 437. The Morgan fingerprint density at radius 1 is 0.867 bits per heavy atom. The molecule has 0 unspecified atom stereocenters. The predicted molar refractivity (Wildman–Crippen MR) is 60.8 cm³/mol. The number of benzene rings is 1. The summed E-state index contributed by atoms with van der Waals surface area (Å²) in [7, 11) is 0.